The number of aromatic carboxylic acids is 2. The first kappa shape index (κ1) is 15.0. The van der Waals surface area contributed by atoms with Gasteiger partial charge in [0, 0.05) is 0 Å². The summed E-state index contributed by atoms with van der Waals surface area (Å²) in [6.07, 6.45) is 0. The van der Waals surface area contributed by atoms with Crippen LogP contribution in [0.4, 0.5) is 0 Å². The summed E-state index contributed by atoms with van der Waals surface area (Å²) in [7, 11) is 0. The Bertz CT molecular complexity index is 549. The summed E-state index contributed by atoms with van der Waals surface area (Å²) in [5.41, 5.74) is 0.630. The van der Waals surface area contributed by atoms with Crippen LogP contribution in [0.2, 0.25) is 0 Å². The molecule has 2 aromatic rings. The molecule has 0 fully saturated rings. The van der Waals surface area contributed by atoms with Gasteiger partial charge in [0.15, 0.2) is 0 Å². The Hall–Kier alpha value is -2.10. The zero-order chi connectivity index (χ0) is 14.3. The fourth-order valence-corrected chi connectivity index (χ4v) is 1.35. The maximum atomic E-state index is 10.3. The molecule has 0 saturated carbocycles. The van der Waals surface area contributed by atoms with E-state index < -0.39 is 11.9 Å². The normalized spacial score (nSPS) is 9.11. The van der Waals surface area contributed by atoms with Crippen LogP contribution in [-0.2, 0) is 16.0 Å². The van der Waals surface area contributed by atoms with E-state index in [0.29, 0.717) is 11.1 Å². The number of carbonyl (C=O) groups is 2. The third-order valence-electron chi connectivity index (χ3n) is 2.10. The number of carboxylic acid groups (broad SMARTS) is 2. The van der Waals surface area contributed by atoms with Crippen LogP contribution >= 0.6 is 0 Å². The smallest absolute Gasteiger partial charge is 0.335 e. The van der Waals surface area contributed by atoms with E-state index in [1.807, 2.05) is 0 Å². The second kappa shape index (κ2) is 7.36. The fraction of sp³-hybridized carbons (Fsp3) is 0. The monoisotopic (exact) mass is 299 g/mol. The number of benzene rings is 2. The molecular formula is C14H11FeO4. The van der Waals surface area contributed by atoms with Crippen molar-refractivity contribution in [3.63, 3.8) is 0 Å². The van der Waals surface area contributed by atoms with Gasteiger partial charge in [-0.05, 0) is 12.1 Å². The molecule has 2 aromatic carbocycles. The Morgan fingerprint density at radius 1 is 0.737 bits per heavy atom. The SMILES string of the molecule is O=C(O)c1cc[c]([Fe])cc1.O=C(O)c1ccccc1. The molecule has 2 N–H and O–H groups in total. The number of carboxylic acids is 2. The van der Waals surface area contributed by atoms with Crippen molar-refractivity contribution in [2.45, 2.75) is 0 Å². The second-order valence-corrected chi connectivity index (χ2v) is 4.11. The van der Waals surface area contributed by atoms with E-state index in [0.717, 1.165) is 4.46 Å². The maximum absolute atomic E-state index is 10.3. The van der Waals surface area contributed by atoms with Gasteiger partial charge in [0.05, 0.1) is 5.56 Å². The number of rotatable bonds is 2. The average Bonchev–Trinajstić information content (AvgIpc) is 2.41. The maximum Gasteiger partial charge on any atom is 0.335 e. The molecule has 0 heterocycles. The molecule has 0 aliphatic rings. The summed E-state index contributed by atoms with van der Waals surface area (Å²) in [6.45, 7) is 0. The Balaban J connectivity index is 0.000000191. The molecular weight excluding hydrogens is 288 g/mol. The summed E-state index contributed by atoms with van der Waals surface area (Å²) < 4.78 is 0.824. The van der Waals surface area contributed by atoms with Crippen molar-refractivity contribution in [1.29, 1.82) is 0 Å². The molecule has 0 aromatic heterocycles. The third kappa shape index (κ3) is 5.38. The first-order chi connectivity index (χ1) is 9.00. The molecule has 2 rings (SSSR count). The average molecular weight is 299 g/mol. The molecule has 19 heavy (non-hydrogen) atoms. The summed E-state index contributed by atoms with van der Waals surface area (Å²) in [4.78, 5) is 20.5. The predicted octanol–water partition coefficient (Wildman–Crippen LogP) is 1.94. The van der Waals surface area contributed by atoms with E-state index >= 15 is 0 Å². The van der Waals surface area contributed by atoms with Gasteiger partial charge in [0.2, 0.25) is 0 Å². The molecule has 0 bridgehead atoms. The van der Waals surface area contributed by atoms with Gasteiger partial charge < -0.3 is 5.11 Å². The van der Waals surface area contributed by atoms with Crippen molar-refractivity contribution < 1.29 is 35.8 Å². The first-order valence-electron chi connectivity index (χ1n) is 5.26. The molecule has 0 atom stereocenters. The minimum absolute atomic E-state index is 0.299. The van der Waals surface area contributed by atoms with Gasteiger partial charge in [-0.15, -0.1) is 0 Å². The van der Waals surface area contributed by atoms with Crippen LogP contribution in [0.25, 0.3) is 0 Å². The molecule has 0 aliphatic carbocycles. The summed E-state index contributed by atoms with van der Waals surface area (Å²) >= 11 is 3.63. The first-order valence-corrected chi connectivity index (χ1v) is 5.82. The number of hydrogen-bond donors (Lipinski definition) is 2. The fourth-order valence-electron chi connectivity index (χ4n) is 1.17. The van der Waals surface area contributed by atoms with Gasteiger partial charge in [-0.3, -0.25) is 0 Å². The summed E-state index contributed by atoms with van der Waals surface area (Å²) in [6, 6.07) is 14.7. The van der Waals surface area contributed by atoms with Gasteiger partial charge in [-0.25, -0.2) is 4.79 Å². The molecule has 99 valence electrons. The van der Waals surface area contributed by atoms with Crippen LogP contribution in [0, 0.1) is 0 Å². The van der Waals surface area contributed by atoms with Gasteiger partial charge in [0.25, 0.3) is 0 Å². The van der Waals surface area contributed by atoms with Crippen LogP contribution < -0.4 is 4.46 Å². The third-order valence-corrected chi connectivity index (χ3v) is 2.47. The van der Waals surface area contributed by atoms with Gasteiger partial charge in [0.1, 0.15) is 0 Å². The minimum Gasteiger partial charge on any atom is -0.478 e. The molecule has 0 radical (unpaired) electrons. The largest absolute Gasteiger partial charge is 0.478 e. The van der Waals surface area contributed by atoms with Crippen LogP contribution in [0.5, 0.6) is 0 Å². The van der Waals surface area contributed by atoms with Crippen LogP contribution in [0.15, 0.2) is 54.6 Å². The van der Waals surface area contributed by atoms with Gasteiger partial charge in [-0.1, -0.05) is 18.2 Å². The zero-order valence-electron chi connectivity index (χ0n) is 9.76. The summed E-state index contributed by atoms with van der Waals surface area (Å²) in [5.74, 6) is -1.78. The van der Waals surface area contributed by atoms with Crippen LogP contribution in [0.1, 0.15) is 20.7 Å². The summed E-state index contributed by atoms with van der Waals surface area (Å²) in [5, 5.41) is 16.8. The van der Waals surface area contributed by atoms with Crippen molar-refractivity contribution in [3.8, 4) is 0 Å². The van der Waals surface area contributed by atoms with E-state index in [-0.39, 0.29) is 0 Å². The van der Waals surface area contributed by atoms with Gasteiger partial charge >= 0.3 is 72.1 Å². The molecule has 0 saturated heterocycles. The van der Waals surface area contributed by atoms with Crippen LogP contribution in [0.3, 0.4) is 0 Å². The van der Waals surface area contributed by atoms with E-state index in [1.165, 1.54) is 12.1 Å². The standard InChI is InChI=1S/C7H6O2.C7H5O2.Fe/c2*8-7(9)6-4-2-1-3-5-6;/h1-5H,(H,8,9);2-5H,(H,8,9);. The molecule has 0 unspecified atom stereocenters. The molecule has 0 aliphatic heterocycles. The second-order valence-electron chi connectivity index (χ2n) is 3.47. The molecule has 5 heteroatoms. The molecule has 4 nitrogen and oxygen atoms in total. The topological polar surface area (TPSA) is 74.6 Å². The number of hydrogen-bond acceptors (Lipinski definition) is 2. The minimum atomic E-state index is -0.903. The molecule has 0 spiro atoms. The van der Waals surface area contributed by atoms with E-state index in [4.69, 9.17) is 10.2 Å². The van der Waals surface area contributed by atoms with Crippen molar-refractivity contribution in [2.75, 3.05) is 0 Å². The van der Waals surface area contributed by atoms with Crippen molar-refractivity contribution in [3.05, 3.63) is 65.7 Å². The van der Waals surface area contributed by atoms with Gasteiger partial charge in [-0.2, -0.15) is 0 Å². The van der Waals surface area contributed by atoms with E-state index in [1.54, 1.807) is 42.5 Å². The Kier molecular flexibility index (Phi) is 5.79. The zero-order valence-corrected chi connectivity index (χ0v) is 10.9. The van der Waals surface area contributed by atoms with Crippen molar-refractivity contribution in [1.82, 2.24) is 0 Å². The van der Waals surface area contributed by atoms with Crippen LogP contribution in [-0.4, -0.2) is 22.2 Å². The predicted molar refractivity (Wildman–Crippen MR) is 66.4 cm³/mol. The van der Waals surface area contributed by atoms with Crippen molar-refractivity contribution in [2.24, 2.45) is 0 Å². The van der Waals surface area contributed by atoms with E-state index in [9.17, 15) is 9.59 Å². The Labute approximate surface area is 118 Å². The Morgan fingerprint density at radius 3 is 1.53 bits per heavy atom. The molecule has 0 amide bonds. The quantitative estimate of drug-likeness (QED) is 0.831. The van der Waals surface area contributed by atoms with E-state index in [2.05, 4.69) is 16.0 Å². The van der Waals surface area contributed by atoms with Crippen molar-refractivity contribution >= 4 is 16.4 Å². The Morgan fingerprint density at radius 2 is 1.16 bits per heavy atom.